The second kappa shape index (κ2) is 4.13. The third-order valence-electron chi connectivity index (χ3n) is 3.58. The van der Waals surface area contributed by atoms with Crippen LogP contribution in [0.3, 0.4) is 0 Å². The van der Waals surface area contributed by atoms with E-state index in [0.29, 0.717) is 22.6 Å². The summed E-state index contributed by atoms with van der Waals surface area (Å²) in [6, 6.07) is 3.74. The number of aromatic nitrogens is 2. The number of nitrogens with two attached hydrogens (primary N) is 1. The van der Waals surface area contributed by atoms with Crippen LogP contribution in [0.1, 0.15) is 12.8 Å². The molecule has 18 heavy (non-hydrogen) atoms. The van der Waals surface area contributed by atoms with Gasteiger partial charge in [0.2, 0.25) is 0 Å². The van der Waals surface area contributed by atoms with Gasteiger partial charge in [-0.25, -0.2) is 4.63 Å². The van der Waals surface area contributed by atoms with E-state index in [9.17, 15) is 5.11 Å². The van der Waals surface area contributed by atoms with Crippen molar-refractivity contribution in [2.45, 2.75) is 18.9 Å². The Morgan fingerprint density at radius 2 is 2.11 bits per heavy atom. The molecule has 0 aliphatic heterocycles. The fraction of sp³-hybridized carbons (Fsp3) is 0.500. The van der Waals surface area contributed by atoms with Gasteiger partial charge in [-0.05, 0) is 41.2 Å². The molecule has 1 aromatic heterocycles. The van der Waals surface area contributed by atoms with E-state index in [1.54, 1.807) is 0 Å². The number of hydrogen-bond donors (Lipinski definition) is 2. The zero-order valence-electron chi connectivity index (χ0n) is 10.2. The van der Waals surface area contributed by atoms with Crippen LogP contribution >= 0.6 is 0 Å². The SMILES string of the molecule is CN(CC1CC(O)C1)c1ccc(N)c2nonc12. The topological polar surface area (TPSA) is 88.4 Å². The fourth-order valence-corrected chi connectivity index (χ4v) is 2.52. The second-order valence-electron chi connectivity index (χ2n) is 5.01. The highest BCUT2D eigenvalue weighted by Gasteiger charge is 2.28. The van der Waals surface area contributed by atoms with Crippen molar-refractivity contribution in [2.75, 3.05) is 24.2 Å². The Balaban J connectivity index is 1.85. The highest BCUT2D eigenvalue weighted by Crippen LogP contribution is 2.32. The van der Waals surface area contributed by atoms with Crippen molar-refractivity contribution in [3.8, 4) is 0 Å². The summed E-state index contributed by atoms with van der Waals surface area (Å²) in [7, 11) is 2.00. The molecule has 1 aliphatic rings. The molecule has 1 aromatic carbocycles. The molecule has 0 amide bonds. The number of rotatable bonds is 3. The average Bonchev–Trinajstić information content (AvgIpc) is 2.77. The first kappa shape index (κ1) is 11.3. The molecule has 3 N–H and O–H groups in total. The second-order valence-corrected chi connectivity index (χ2v) is 5.01. The van der Waals surface area contributed by atoms with Crippen LogP contribution in [0, 0.1) is 5.92 Å². The standard InChI is InChI=1S/C12H16N4O2/c1-16(6-7-4-8(17)5-7)10-3-2-9(13)11-12(10)15-18-14-11/h2-3,7-8,17H,4-6,13H2,1H3. The number of aliphatic hydroxyl groups is 1. The molecule has 1 fully saturated rings. The quantitative estimate of drug-likeness (QED) is 0.788. The van der Waals surface area contributed by atoms with Crippen molar-refractivity contribution in [1.29, 1.82) is 0 Å². The van der Waals surface area contributed by atoms with Crippen LogP contribution in [0.2, 0.25) is 0 Å². The highest BCUT2D eigenvalue weighted by atomic mass is 16.6. The third kappa shape index (κ3) is 1.78. The summed E-state index contributed by atoms with van der Waals surface area (Å²) in [6.45, 7) is 0.892. The van der Waals surface area contributed by atoms with Gasteiger partial charge in [0, 0.05) is 13.6 Å². The molecule has 0 bridgehead atoms. The molecule has 0 spiro atoms. The monoisotopic (exact) mass is 248 g/mol. The van der Waals surface area contributed by atoms with Crippen LogP contribution in [0.4, 0.5) is 11.4 Å². The summed E-state index contributed by atoms with van der Waals surface area (Å²) in [5.41, 5.74) is 8.64. The van der Waals surface area contributed by atoms with Crippen molar-refractivity contribution in [3.05, 3.63) is 12.1 Å². The Kier molecular flexibility index (Phi) is 2.59. The van der Waals surface area contributed by atoms with Crippen LogP contribution in [0.15, 0.2) is 16.8 Å². The van der Waals surface area contributed by atoms with Gasteiger partial charge in [-0.3, -0.25) is 0 Å². The van der Waals surface area contributed by atoms with Crippen molar-refractivity contribution in [1.82, 2.24) is 10.3 Å². The van der Waals surface area contributed by atoms with Gasteiger partial charge in [0.25, 0.3) is 0 Å². The molecular formula is C12H16N4O2. The lowest BCUT2D eigenvalue weighted by molar-refractivity contribution is 0.0465. The van der Waals surface area contributed by atoms with E-state index in [2.05, 4.69) is 15.2 Å². The number of nitrogens with zero attached hydrogens (tertiary/aromatic N) is 3. The van der Waals surface area contributed by atoms with Crippen molar-refractivity contribution in [3.63, 3.8) is 0 Å². The van der Waals surface area contributed by atoms with E-state index in [-0.39, 0.29) is 6.10 Å². The van der Waals surface area contributed by atoms with Crippen LogP contribution < -0.4 is 10.6 Å². The first-order valence-corrected chi connectivity index (χ1v) is 6.05. The lowest BCUT2D eigenvalue weighted by Gasteiger charge is -2.35. The minimum Gasteiger partial charge on any atom is -0.397 e. The molecule has 1 saturated carbocycles. The maximum absolute atomic E-state index is 9.30. The Bertz CT molecular complexity index is 562. The number of benzene rings is 1. The fourth-order valence-electron chi connectivity index (χ4n) is 2.52. The molecule has 0 saturated heterocycles. The molecule has 6 heteroatoms. The van der Waals surface area contributed by atoms with Gasteiger partial charge in [0.1, 0.15) is 0 Å². The van der Waals surface area contributed by atoms with Crippen molar-refractivity contribution in [2.24, 2.45) is 5.92 Å². The number of fused-ring (bicyclic) bond motifs is 1. The van der Waals surface area contributed by atoms with Crippen molar-refractivity contribution < 1.29 is 9.74 Å². The molecular weight excluding hydrogens is 232 g/mol. The van der Waals surface area contributed by atoms with E-state index in [1.165, 1.54) is 0 Å². The van der Waals surface area contributed by atoms with E-state index < -0.39 is 0 Å². The minimum absolute atomic E-state index is 0.122. The predicted molar refractivity (Wildman–Crippen MR) is 68.2 cm³/mol. The van der Waals surface area contributed by atoms with Gasteiger partial charge in [0.05, 0.1) is 17.5 Å². The zero-order valence-corrected chi connectivity index (χ0v) is 10.2. The van der Waals surface area contributed by atoms with Crippen LogP contribution in [0.5, 0.6) is 0 Å². The average molecular weight is 248 g/mol. The van der Waals surface area contributed by atoms with Crippen LogP contribution in [0.25, 0.3) is 11.0 Å². The predicted octanol–water partition coefficient (Wildman–Crippen LogP) is 1.01. The Hall–Kier alpha value is -1.82. The zero-order chi connectivity index (χ0) is 12.7. The maximum atomic E-state index is 9.30. The Morgan fingerprint density at radius 3 is 2.83 bits per heavy atom. The largest absolute Gasteiger partial charge is 0.397 e. The van der Waals surface area contributed by atoms with Crippen LogP contribution in [-0.4, -0.2) is 35.1 Å². The first-order valence-electron chi connectivity index (χ1n) is 6.05. The van der Waals surface area contributed by atoms with Gasteiger partial charge in [-0.2, -0.15) is 0 Å². The molecule has 6 nitrogen and oxygen atoms in total. The summed E-state index contributed by atoms with van der Waals surface area (Å²) in [4.78, 5) is 2.11. The molecule has 1 aliphatic carbocycles. The molecule has 96 valence electrons. The van der Waals surface area contributed by atoms with E-state index in [4.69, 9.17) is 10.4 Å². The molecule has 0 atom stereocenters. The molecule has 3 rings (SSSR count). The van der Waals surface area contributed by atoms with Gasteiger partial charge in [-0.15, -0.1) is 0 Å². The summed E-state index contributed by atoms with van der Waals surface area (Å²) >= 11 is 0. The summed E-state index contributed by atoms with van der Waals surface area (Å²) < 4.78 is 4.75. The third-order valence-corrected chi connectivity index (χ3v) is 3.58. The lowest BCUT2D eigenvalue weighted by Crippen LogP contribution is -2.37. The smallest absolute Gasteiger partial charge is 0.160 e. The maximum Gasteiger partial charge on any atom is 0.160 e. The van der Waals surface area contributed by atoms with Gasteiger partial charge >= 0.3 is 0 Å². The summed E-state index contributed by atoms with van der Waals surface area (Å²) in [6.07, 6.45) is 1.63. The molecule has 0 radical (unpaired) electrons. The van der Waals surface area contributed by atoms with E-state index >= 15 is 0 Å². The summed E-state index contributed by atoms with van der Waals surface area (Å²) in [5.74, 6) is 0.539. The number of nitrogen functional groups attached to an aromatic ring is 1. The first-order chi connectivity index (χ1) is 8.65. The Labute approximate surface area is 104 Å². The van der Waals surface area contributed by atoms with Gasteiger partial charge in [0.15, 0.2) is 11.0 Å². The molecule has 2 aromatic rings. The Morgan fingerprint density at radius 1 is 1.39 bits per heavy atom. The minimum atomic E-state index is -0.122. The van der Waals surface area contributed by atoms with Crippen LogP contribution in [-0.2, 0) is 0 Å². The molecule has 1 heterocycles. The van der Waals surface area contributed by atoms with E-state index in [0.717, 1.165) is 25.1 Å². The van der Waals surface area contributed by atoms with E-state index in [1.807, 2.05) is 19.2 Å². The molecule has 0 unspecified atom stereocenters. The number of anilines is 2. The van der Waals surface area contributed by atoms with Gasteiger partial charge < -0.3 is 15.7 Å². The normalized spacial score (nSPS) is 23.0. The number of hydrogen-bond acceptors (Lipinski definition) is 6. The van der Waals surface area contributed by atoms with Crippen molar-refractivity contribution >= 4 is 22.4 Å². The van der Waals surface area contributed by atoms with Gasteiger partial charge in [-0.1, -0.05) is 0 Å². The highest BCUT2D eigenvalue weighted by molar-refractivity contribution is 5.95. The number of aliphatic hydroxyl groups excluding tert-OH is 1. The lowest BCUT2D eigenvalue weighted by atomic mass is 9.82. The summed E-state index contributed by atoms with van der Waals surface area (Å²) in [5, 5.41) is 17.0.